The molecule has 3 rings (SSSR count). The van der Waals surface area contributed by atoms with Crippen molar-refractivity contribution in [3.05, 3.63) is 42.8 Å². The van der Waals surface area contributed by atoms with E-state index in [1.807, 2.05) is 25.1 Å². The molecule has 1 aliphatic heterocycles. The van der Waals surface area contributed by atoms with Gasteiger partial charge in [-0.1, -0.05) is 27.3 Å². The number of allylic oxidation sites excluding steroid dienone is 1. The quantitative estimate of drug-likeness (QED) is 0.898. The molecule has 102 valence electrons. The van der Waals surface area contributed by atoms with Gasteiger partial charge in [-0.2, -0.15) is 0 Å². The van der Waals surface area contributed by atoms with Crippen LogP contribution in [0, 0.1) is 0 Å². The molecule has 2 heterocycles. The molecule has 6 heteroatoms. The summed E-state index contributed by atoms with van der Waals surface area (Å²) < 4.78 is 2.32. The van der Waals surface area contributed by atoms with Crippen LogP contribution in [0.4, 0.5) is 5.69 Å². The van der Waals surface area contributed by atoms with E-state index in [0.29, 0.717) is 11.4 Å². The molecule has 4 nitrogen and oxygen atoms in total. The van der Waals surface area contributed by atoms with Crippen LogP contribution in [0.3, 0.4) is 0 Å². The Morgan fingerprint density at radius 3 is 3.00 bits per heavy atom. The van der Waals surface area contributed by atoms with Crippen molar-refractivity contribution >= 4 is 50.8 Å². The van der Waals surface area contributed by atoms with Gasteiger partial charge in [-0.3, -0.25) is 14.4 Å². The lowest BCUT2D eigenvalue weighted by Gasteiger charge is -2.01. The first-order valence-electron chi connectivity index (χ1n) is 6.08. The van der Waals surface area contributed by atoms with Gasteiger partial charge in [0.2, 0.25) is 5.88 Å². The number of thiazole rings is 1. The number of hydrogen-bond acceptors (Lipinski definition) is 4. The van der Waals surface area contributed by atoms with E-state index >= 15 is 0 Å². The Morgan fingerprint density at radius 1 is 1.50 bits per heavy atom. The Balaban J connectivity index is 2.11. The Kier molecular flexibility index (Phi) is 3.35. The number of hydrogen-bond donors (Lipinski definition) is 1. The van der Waals surface area contributed by atoms with E-state index in [9.17, 15) is 9.90 Å². The molecule has 0 fully saturated rings. The Labute approximate surface area is 127 Å². The van der Waals surface area contributed by atoms with Gasteiger partial charge in [-0.25, -0.2) is 0 Å². The molecule has 0 aliphatic carbocycles. The maximum Gasteiger partial charge on any atom is 0.310 e. The number of aromatic hydroxyl groups is 1. The minimum Gasteiger partial charge on any atom is -0.493 e. The maximum atomic E-state index is 11.7. The van der Waals surface area contributed by atoms with Crippen LogP contribution in [0.15, 0.2) is 32.5 Å². The summed E-state index contributed by atoms with van der Waals surface area (Å²) in [6.45, 7) is 2.29. The van der Waals surface area contributed by atoms with E-state index in [-0.39, 0.29) is 10.8 Å². The smallest absolute Gasteiger partial charge is 0.310 e. The molecule has 0 saturated carbocycles. The topological polar surface area (TPSA) is 54.6 Å². The first kappa shape index (κ1) is 13.3. The van der Waals surface area contributed by atoms with Crippen molar-refractivity contribution in [2.24, 2.45) is 4.99 Å². The van der Waals surface area contributed by atoms with Gasteiger partial charge >= 0.3 is 4.87 Å². The lowest BCUT2D eigenvalue weighted by atomic mass is 10.1. The summed E-state index contributed by atoms with van der Waals surface area (Å²) in [4.78, 5) is 16.4. The summed E-state index contributed by atoms with van der Waals surface area (Å²) in [7, 11) is 0. The van der Waals surface area contributed by atoms with Gasteiger partial charge in [-0.05, 0) is 31.2 Å². The highest BCUT2D eigenvalue weighted by atomic mass is 79.9. The van der Waals surface area contributed by atoms with Gasteiger partial charge < -0.3 is 5.11 Å². The third-order valence-corrected chi connectivity index (χ3v) is 4.52. The predicted molar refractivity (Wildman–Crippen MR) is 86.1 cm³/mol. The third kappa shape index (κ3) is 2.14. The van der Waals surface area contributed by atoms with Gasteiger partial charge in [0.1, 0.15) is 0 Å². The van der Waals surface area contributed by atoms with Crippen molar-refractivity contribution < 1.29 is 5.11 Å². The van der Waals surface area contributed by atoms with E-state index in [1.54, 1.807) is 12.3 Å². The fraction of sp³-hybridized carbons (Fsp3) is 0.143. The van der Waals surface area contributed by atoms with E-state index < -0.39 is 0 Å². The molecular formula is C14H11BrN2O2S. The van der Waals surface area contributed by atoms with Crippen LogP contribution in [0.5, 0.6) is 5.88 Å². The molecule has 0 bridgehead atoms. The van der Waals surface area contributed by atoms with Crippen LogP contribution in [-0.2, 0) is 6.54 Å². The standard InChI is InChI=1S/C14H11BrN2O2S/c1-2-17-13(18)12(20-14(17)19)5-8-7-16-11-4-3-9(15)6-10(8)11/h3-7,18H,2H2,1H3/b8-5-. The largest absolute Gasteiger partial charge is 0.493 e. The van der Waals surface area contributed by atoms with Crippen molar-refractivity contribution in [2.75, 3.05) is 0 Å². The zero-order chi connectivity index (χ0) is 14.3. The van der Waals surface area contributed by atoms with Crippen molar-refractivity contribution in [2.45, 2.75) is 13.5 Å². The first-order valence-corrected chi connectivity index (χ1v) is 7.69. The molecule has 0 amide bonds. The van der Waals surface area contributed by atoms with E-state index in [4.69, 9.17) is 0 Å². The van der Waals surface area contributed by atoms with Crippen molar-refractivity contribution in [3.8, 4) is 5.88 Å². The van der Waals surface area contributed by atoms with E-state index in [0.717, 1.165) is 32.6 Å². The summed E-state index contributed by atoms with van der Waals surface area (Å²) in [5.74, 6) is 0.0202. The molecular weight excluding hydrogens is 340 g/mol. The van der Waals surface area contributed by atoms with Crippen molar-refractivity contribution in [3.63, 3.8) is 0 Å². The fourth-order valence-corrected chi connectivity index (χ4v) is 3.37. The zero-order valence-corrected chi connectivity index (χ0v) is 13.0. The number of benzene rings is 1. The van der Waals surface area contributed by atoms with Gasteiger partial charge in [0.25, 0.3) is 0 Å². The molecule has 1 N–H and O–H groups in total. The minimum absolute atomic E-state index is 0.0202. The first-order chi connectivity index (χ1) is 9.60. The SMILES string of the molecule is CCn1c(O)c(/C=C2/C=Nc3ccc(Br)cc32)sc1=O. The summed E-state index contributed by atoms with van der Waals surface area (Å²) in [5.41, 5.74) is 2.77. The summed E-state index contributed by atoms with van der Waals surface area (Å²) >= 11 is 4.47. The number of rotatable bonds is 2. The predicted octanol–water partition coefficient (Wildman–Crippen LogP) is 3.65. The van der Waals surface area contributed by atoms with Crippen LogP contribution in [0.25, 0.3) is 11.6 Å². The summed E-state index contributed by atoms with van der Waals surface area (Å²) in [6, 6.07) is 5.84. The second-order valence-electron chi connectivity index (χ2n) is 4.32. The van der Waals surface area contributed by atoms with Crippen LogP contribution < -0.4 is 4.87 Å². The van der Waals surface area contributed by atoms with Gasteiger partial charge in [0.15, 0.2) is 0 Å². The van der Waals surface area contributed by atoms with Gasteiger partial charge in [0, 0.05) is 28.4 Å². The lowest BCUT2D eigenvalue weighted by Crippen LogP contribution is -2.09. The minimum atomic E-state index is -0.152. The monoisotopic (exact) mass is 350 g/mol. The maximum absolute atomic E-state index is 11.7. The zero-order valence-electron chi connectivity index (χ0n) is 10.6. The normalized spacial score (nSPS) is 15.0. The van der Waals surface area contributed by atoms with Gasteiger partial charge in [-0.15, -0.1) is 0 Å². The second-order valence-corrected chi connectivity index (χ2v) is 6.23. The molecule has 20 heavy (non-hydrogen) atoms. The summed E-state index contributed by atoms with van der Waals surface area (Å²) in [5, 5.41) is 10.0. The van der Waals surface area contributed by atoms with Gasteiger partial charge in [0.05, 0.1) is 10.6 Å². The molecule has 1 aromatic heterocycles. The lowest BCUT2D eigenvalue weighted by molar-refractivity contribution is 0.417. The number of fused-ring (bicyclic) bond motifs is 1. The highest BCUT2D eigenvalue weighted by molar-refractivity contribution is 9.10. The Morgan fingerprint density at radius 2 is 2.30 bits per heavy atom. The average Bonchev–Trinajstić information content (AvgIpc) is 2.92. The molecule has 0 saturated heterocycles. The van der Waals surface area contributed by atoms with Crippen molar-refractivity contribution in [1.82, 2.24) is 4.57 Å². The molecule has 0 atom stereocenters. The Hall–Kier alpha value is -1.66. The molecule has 1 aliphatic rings. The number of halogens is 1. The molecule has 2 aromatic rings. The fourth-order valence-electron chi connectivity index (χ4n) is 2.10. The van der Waals surface area contributed by atoms with E-state index in [1.165, 1.54) is 4.57 Å². The molecule has 0 unspecified atom stereocenters. The molecule has 0 radical (unpaired) electrons. The molecule has 1 aromatic carbocycles. The van der Waals surface area contributed by atoms with E-state index in [2.05, 4.69) is 20.9 Å². The highest BCUT2D eigenvalue weighted by Crippen LogP contribution is 2.36. The number of aromatic nitrogens is 1. The Bertz CT molecular complexity index is 802. The highest BCUT2D eigenvalue weighted by Gasteiger charge is 2.16. The average molecular weight is 351 g/mol. The van der Waals surface area contributed by atoms with Crippen LogP contribution >= 0.6 is 27.3 Å². The van der Waals surface area contributed by atoms with Crippen LogP contribution in [-0.4, -0.2) is 15.9 Å². The third-order valence-electron chi connectivity index (χ3n) is 3.11. The molecule has 0 spiro atoms. The summed E-state index contributed by atoms with van der Waals surface area (Å²) in [6.07, 6.45) is 3.55. The number of nitrogens with zero attached hydrogens (tertiary/aromatic N) is 2. The van der Waals surface area contributed by atoms with Crippen LogP contribution in [0.2, 0.25) is 0 Å². The number of aliphatic imine (C=N–C) groups is 1. The van der Waals surface area contributed by atoms with Crippen molar-refractivity contribution in [1.29, 1.82) is 0 Å². The second kappa shape index (κ2) is 5.03. The van der Waals surface area contributed by atoms with Crippen LogP contribution in [0.1, 0.15) is 17.4 Å².